The Bertz CT molecular complexity index is 220. The summed E-state index contributed by atoms with van der Waals surface area (Å²) in [6.45, 7) is 5.57. The van der Waals surface area contributed by atoms with Gasteiger partial charge in [-0.25, -0.2) is 0 Å². The minimum absolute atomic E-state index is 0.305. The van der Waals surface area contributed by atoms with Gasteiger partial charge in [0, 0.05) is 25.5 Å². The zero-order chi connectivity index (χ0) is 8.97. The number of aliphatic hydroxyl groups is 1. The Morgan fingerprint density at radius 3 is 2.25 bits per heavy atom. The van der Waals surface area contributed by atoms with Crippen LogP contribution in [-0.4, -0.2) is 16.3 Å². The molecule has 0 radical (unpaired) electrons. The lowest BCUT2D eigenvalue weighted by Gasteiger charge is -1.99. The van der Waals surface area contributed by atoms with Gasteiger partial charge in [-0.2, -0.15) is 0 Å². The molecule has 12 heavy (non-hydrogen) atoms. The summed E-state index contributed by atoms with van der Waals surface area (Å²) in [7, 11) is 0. The third kappa shape index (κ3) is 2.38. The third-order valence-corrected chi connectivity index (χ3v) is 2.17. The highest BCUT2D eigenvalue weighted by atomic mass is 16.2. The monoisotopic (exact) mass is 167 g/mol. The Balaban J connectivity index is 2.42. The van der Waals surface area contributed by atoms with Crippen LogP contribution in [-0.2, 0) is 6.54 Å². The van der Waals surface area contributed by atoms with E-state index in [1.165, 1.54) is 11.1 Å². The van der Waals surface area contributed by atoms with Crippen LogP contribution in [0.3, 0.4) is 0 Å². The van der Waals surface area contributed by atoms with Gasteiger partial charge >= 0.3 is 0 Å². The van der Waals surface area contributed by atoms with Gasteiger partial charge in [0.1, 0.15) is 0 Å². The Kier molecular flexibility index (Phi) is 3.35. The number of aliphatic hydroxyl groups excluding tert-OH is 1. The lowest BCUT2D eigenvalue weighted by molar-refractivity contribution is 0.281. The second-order valence-corrected chi connectivity index (χ2v) is 3.29. The lowest BCUT2D eigenvalue weighted by atomic mass is 10.2. The molecule has 0 saturated carbocycles. The fourth-order valence-electron chi connectivity index (χ4n) is 1.27. The fraction of sp³-hybridized carbons (Fsp3) is 0.600. The molecule has 0 unspecified atom stereocenters. The number of rotatable bonds is 4. The first kappa shape index (κ1) is 9.33. The van der Waals surface area contributed by atoms with Crippen LogP contribution in [0.2, 0.25) is 0 Å². The number of hydrogen-bond acceptors (Lipinski definition) is 1. The van der Waals surface area contributed by atoms with E-state index in [2.05, 4.69) is 30.8 Å². The number of nitrogens with zero attached hydrogens (tertiary/aromatic N) is 1. The highest BCUT2D eigenvalue weighted by Gasteiger charge is 1.96. The van der Waals surface area contributed by atoms with Crippen molar-refractivity contribution in [2.75, 3.05) is 6.61 Å². The Morgan fingerprint density at radius 1 is 1.17 bits per heavy atom. The van der Waals surface area contributed by atoms with Crippen LogP contribution in [0.15, 0.2) is 12.4 Å². The van der Waals surface area contributed by atoms with E-state index in [4.69, 9.17) is 5.11 Å². The average Bonchev–Trinajstić information content (AvgIpc) is 2.32. The quantitative estimate of drug-likeness (QED) is 0.680. The molecule has 0 atom stereocenters. The third-order valence-electron chi connectivity index (χ3n) is 2.17. The summed E-state index contributed by atoms with van der Waals surface area (Å²) in [4.78, 5) is 0. The van der Waals surface area contributed by atoms with Gasteiger partial charge < -0.3 is 9.67 Å². The Hall–Kier alpha value is -0.760. The van der Waals surface area contributed by atoms with Crippen LogP contribution < -0.4 is 0 Å². The zero-order valence-electron chi connectivity index (χ0n) is 7.88. The van der Waals surface area contributed by atoms with E-state index in [0.717, 1.165) is 19.4 Å². The number of aromatic nitrogens is 1. The molecule has 0 fully saturated rings. The summed E-state index contributed by atoms with van der Waals surface area (Å²) in [5.41, 5.74) is 2.69. The highest BCUT2D eigenvalue weighted by molar-refractivity contribution is 5.20. The van der Waals surface area contributed by atoms with Gasteiger partial charge in [-0.3, -0.25) is 0 Å². The van der Waals surface area contributed by atoms with E-state index in [0.29, 0.717) is 6.61 Å². The van der Waals surface area contributed by atoms with E-state index in [9.17, 15) is 0 Å². The van der Waals surface area contributed by atoms with Crippen molar-refractivity contribution >= 4 is 0 Å². The molecule has 0 bridgehead atoms. The van der Waals surface area contributed by atoms with E-state index in [-0.39, 0.29) is 0 Å². The van der Waals surface area contributed by atoms with Crippen LogP contribution >= 0.6 is 0 Å². The molecule has 1 heterocycles. The number of hydrogen-bond donors (Lipinski definition) is 1. The van der Waals surface area contributed by atoms with E-state index in [1.807, 2.05) is 0 Å². The van der Waals surface area contributed by atoms with Crippen LogP contribution in [0.1, 0.15) is 24.0 Å². The molecular formula is C10H17NO. The van der Waals surface area contributed by atoms with Crippen LogP contribution in [0.5, 0.6) is 0 Å². The minimum atomic E-state index is 0.305. The first-order chi connectivity index (χ1) is 5.74. The summed E-state index contributed by atoms with van der Waals surface area (Å²) in [6, 6.07) is 0. The number of unbranched alkanes of at least 4 members (excludes halogenated alkanes) is 1. The maximum absolute atomic E-state index is 8.59. The molecule has 0 spiro atoms. The van der Waals surface area contributed by atoms with Crippen molar-refractivity contribution in [3.05, 3.63) is 23.5 Å². The van der Waals surface area contributed by atoms with E-state index >= 15 is 0 Å². The van der Waals surface area contributed by atoms with Gasteiger partial charge in [0.15, 0.2) is 0 Å². The largest absolute Gasteiger partial charge is 0.396 e. The van der Waals surface area contributed by atoms with Gasteiger partial charge in [-0.05, 0) is 37.8 Å². The Morgan fingerprint density at radius 2 is 1.75 bits per heavy atom. The van der Waals surface area contributed by atoms with Crippen molar-refractivity contribution in [2.45, 2.75) is 33.2 Å². The van der Waals surface area contributed by atoms with Crippen LogP contribution in [0.25, 0.3) is 0 Å². The van der Waals surface area contributed by atoms with Gasteiger partial charge in [-0.15, -0.1) is 0 Å². The highest BCUT2D eigenvalue weighted by Crippen LogP contribution is 2.08. The molecule has 2 nitrogen and oxygen atoms in total. The normalized spacial score (nSPS) is 10.6. The van der Waals surface area contributed by atoms with Crippen molar-refractivity contribution in [3.8, 4) is 0 Å². The second-order valence-electron chi connectivity index (χ2n) is 3.29. The molecule has 1 rings (SSSR count). The maximum atomic E-state index is 8.59. The summed E-state index contributed by atoms with van der Waals surface area (Å²) < 4.78 is 2.19. The van der Waals surface area contributed by atoms with Crippen molar-refractivity contribution in [1.82, 2.24) is 4.57 Å². The van der Waals surface area contributed by atoms with Crippen LogP contribution in [0, 0.1) is 13.8 Å². The molecule has 0 aromatic carbocycles. The zero-order valence-corrected chi connectivity index (χ0v) is 7.88. The first-order valence-corrected chi connectivity index (χ1v) is 4.48. The molecular weight excluding hydrogens is 150 g/mol. The van der Waals surface area contributed by atoms with Gasteiger partial charge in [0.05, 0.1) is 0 Å². The molecule has 0 amide bonds. The Labute approximate surface area is 73.8 Å². The SMILES string of the molecule is Cc1cn(CCCCO)cc1C. The molecule has 0 saturated heterocycles. The summed E-state index contributed by atoms with van der Waals surface area (Å²) in [5.74, 6) is 0. The molecule has 2 heteroatoms. The van der Waals surface area contributed by atoms with Crippen molar-refractivity contribution < 1.29 is 5.11 Å². The number of aryl methyl sites for hydroxylation is 3. The second kappa shape index (κ2) is 4.31. The predicted octanol–water partition coefficient (Wildman–Crippen LogP) is 1.88. The van der Waals surface area contributed by atoms with Crippen molar-refractivity contribution in [1.29, 1.82) is 0 Å². The molecule has 0 aliphatic carbocycles. The average molecular weight is 167 g/mol. The molecule has 1 aromatic heterocycles. The van der Waals surface area contributed by atoms with E-state index in [1.54, 1.807) is 0 Å². The van der Waals surface area contributed by atoms with Gasteiger partial charge in [0.2, 0.25) is 0 Å². The standard InChI is InChI=1S/C10H17NO/c1-9-7-11(8-10(9)2)5-3-4-6-12/h7-8,12H,3-6H2,1-2H3. The smallest absolute Gasteiger partial charge is 0.0431 e. The maximum Gasteiger partial charge on any atom is 0.0431 e. The predicted molar refractivity (Wildman–Crippen MR) is 50.2 cm³/mol. The van der Waals surface area contributed by atoms with E-state index < -0.39 is 0 Å². The fourth-order valence-corrected chi connectivity index (χ4v) is 1.27. The molecule has 1 N–H and O–H groups in total. The van der Waals surface area contributed by atoms with Gasteiger partial charge in [0.25, 0.3) is 0 Å². The summed E-state index contributed by atoms with van der Waals surface area (Å²) >= 11 is 0. The molecule has 1 aromatic rings. The van der Waals surface area contributed by atoms with Crippen LogP contribution in [0.4, 0.5) is 0 Å². The van der Waals surface area contributed by atoms with Crippen molar-refractivity contribution in [3.63, 3.8) is 0 Å². The molecule has 68 valence electrons. The minimum Gasteiger partial charge on any atom is -0.396 e. The molecule has 0 aliphatic rings. The first-order valence-electron chi connectivity index (χ1n) is 4.48. The van der Waals surface area contributed by atoms with Gasteiger partial charge in [-0.1, -0.05) is 0 Å². The summed E-state index contributed by atoms with van der Waals surface area (Å²) in [5, 5.41) is 8.59. The summed E-state index contributed by atoms with van der Waals surface area (Å²) in [6.07, 6.45) is 6.28. The van der Waals surface area contributed by atoms with Crippen molar-refractivity contribution in [2.24, 2.45) is 0 Å². The molecule has 0 aliphatic heterocycles. The topological polar surface area (TPSA) is 25.2 Å². The lowest BCUT2D eigenvalue weighted by Crippen LogP contribution is -1.95.